The highest BCUT2D eigenvalue weighted by atomic mass is 16.6. The molecule has 0 saturated heterocycles. The van der Waals surface area contributed by atoms with Crippen LogP contribution in [0.5, 0.6) is 11.5 Å². The number of aromatic nitrogens is 3. The first-order chi connectivity index (χ1) is 24.9. The number of carbonyl (C=O) groups excluding carboxylic acids is 1. The lowest BCUT2D eigenvalue weighted by molar-refractivity contribution is -0.145. The van der Waals surface area contributed by atoms with E-state index in [1.807, 2.05) is 60.7 Å². The highest BCUT2D eigenvalue weighted by Crippen LogP contribution is 2.34. The first kappa shape index (κ1) is 35.0. The van der Waals surface area contributed by atoms with Crippen molar-refractivity contribution in [1.29, 1.82) is 0 Å². The van der Waals surface area contributed by atoms with Crippen LogP contribution in [-0.2, 0) is 9.53 Å². The number of ether oxygens (including phenoxy) is 2. The van der Waals surface area contributed by atoms with Crippen LogP contribution in [0.2, 0.25) is 0 Å². The van der Waals surface area contributed by atoms with E-state index >= 15 is 0 Å². The van der Waals surface area contributed by atoms with E-state index < -0.39 is 0 Å². The largest absolute Gasteiger partial charge is 0.507 e. The molecule has 7 heteroatoms. The Bertz CT molecular complexity index is 1930. The summed E-state index contributed by atoms with van der Waals surface area (Å²) in [5, 5.41) is 11.3. The summed E-state index contributed by atoms with van der Waals surface area (Å²) in [5.41, 5.74) is 6.52. The van der Waals surface area contributed by atoms with Gasteiger partial charge in [-0.05, 0) is 53.1 Å². The van der Waals surface area contributed by atoms with Crippen molar-refractivity contribution in [1.82, 2.24) is 15.0 Å². The SMILES string of the molecule is CCC(=O)OCC(CCCC(C)C)Oc1ccc(-c2nc(-c3ccc(-c4ccccc4)cc3)nc(-c3ccc(-c4ccccc4)cc3)n2)c(O)c1. The number of hydrogen-bond donors (Lipinski definition) is 1. The molecule has 1 aromatic heterocycles. The Labute approximate surface area is 300 Å². The van der Waals surface area contributed by atoms with Gasteiger partial charge in [0, 0.05) is 23.6 Å². The van der Waals surface area contributed by atoms with Crippen LogP contribution < -0.4 is 4.74 Å². The zero-order valence-corrected chi connectivity index (χ0v) is 29.3. The molecule has 1 atom stereocenters. The molecule has 0 fully saturated rings. The van der Waals surface area contributed by atoms with Crippen LogP contribution in [0.25, 0.3) is 56.4 Å². The molecule has 7 nitrogen and oxygen atoms in total. The lowest BCUT2D eigenvalue weighted by Crippen LogP contribution is -2.25. The highest BCUT2D eigenvalue weighted by Gasteiger charge is 2.18. The Kier molecular flexibility index (Phi) is 11.5. The van der Waals surface area contributed by atoms with Crippen LogP contribution in [-0.4, -0.2) is 38.7 Å². The summed E-state index contributed by atoms with van der Waals surface area (Å²) in [4.78, 5) is 26.5. The molecule has 0 bridgehead atoms. The lowest BCUT2D eigenvalue weighted by atomic mass is 10.0. The second kappa shape index (κ2) is 16.7. The molecule has 6 rings (SSSR count). The fourth-order valence-corrected chi connectivity index (χ4v) is 5.82. The van der Waals surface area contributed by atoms with Crippen molar-refractivity contribution in [3.8, 4) is 67.9 Å². The van der Waals surface area contributed by atoms with Crippen LogP contribution in [0.1, 0.15) is 46.5 Å². The van der Waals surface area contributed by atoms with E-state index in [2.05, 4.69) is 62.4 Å². The third kappa shape index (κ3) is 9.25. The Hall–Kier alpha value is -5.82. The molecule has 51 heavy (non-hydrogen) atoms. The van der Waals surface area contributed by atoms with Crippen LogP contribution in [0.4, 0.5) is 0 Å². The van der Waals surface area contributed by atoms with Gasteiger partial charge in [-0.15, -0.1) is 0 Å². The molecule has 0 spiro atoms. The van der Waals surface area contributed by atoms with Crippen molar-refractivity contribution in [3.63, 3.8) is 0 Å². The van der Waals surface area contributed by atoms with Gasteiger partial charge in [0.25, 0.3) is 0 Å². The van der Waals surface area contributed by atoms with E-state index in [1.54, 1.807) is 25.1 Å². The fraction of sp³-hybridized carbons (Fsp3) is 0.227. The van der Waals surface area contributed by atoms with E-state index in [-0.39, 0.29) is 24.4 Å². The van der Waals surface area contributed by atoms with Crippen molar-refractivity contribution in [3.05, 3.63) is 127 Å². The number of nitrogens with zero attached hydrogens (tertiary/aromatic N) is 3. The first-order valence-electron chi connectivity index (χ1n) is 17.6. The van der Waals surface area contributed by atoms with Gasteiger partial charge in [-0.25, -0.2) is 15.0 Å². The number of benzene rings is 5. The summed E-state index contributed by atoms with van der Waals surface area (Å²) >= 11 is 0. The summed E-state index contributed by atoms with van der Waals surface area (Å²) < 4.78 is 11.7. The van der Waals surface area contributed by atoms with E-state index in [9.17, 15) is 9.90 Å². The van der Waals surface area contributed by atoms with Gasteiger partial charge in [0.2, 0.25) is 0 Å². The van der Waals surface area contributed by atoms with Gasteiger partial charge < -0.3 is 14.6 Å². The Morgan fingerprint density at radius 2 is 1.12 bits per heavy atom. The van der Waals surface area contributed by atoms with Gasteiger partial charge in [-0.1, -0.05) is 136 Å². The highest BCUT2D eigenvalue weighted by molar-refractivity contribution is 5.74. The second-order valence-electron chi connectivity index (χ2n) is 13.0. The number of phenolic OH excluding ortho intramolecular Hbond substituents is 1. The molecular weight excluding hydrogens is 635 g/mol. The third-order valence-electron chi connectivity index (χ3n) is 8.68. The topological polar surface area (TPSA) is 94.4 Å². The van der Waals surface area contributed by atoms with Gasteiger partial charge >= 0.3 is 5.97 Å². The average molecular weight is 678 g/mol. The monoisotopic (exact) mass is 677 g/mol. The van der Waals surface area contributed by atoms with Gasteiger partial charge in [-0.2, -0.15) is 0 Å². The number of carbonyl (C=O) groups is 1. The van der Waals surface area contributed by atoms with E-state index in [0.717, 1.165) is 52.6 Å². The van der Waals surface area contributed by atoms with Crippen molar-refractivity contribution in [2.45, 2.75) is 52.6 Å². The number of hydrogen-bond acceptors (Lipinski definition) is 7. The molecule has 0 radical (unpaired) electrons. The molecule has 5 aromatic carbocycles. The van der Waals surface area contributed by atoms with Crippen LogP contribution in [0.3, 0.4) is 0 Å². The van der Waals surface area contributed by atoms with Gasteiger partial charge in [0.1, 0.15) is 24.2 Å². The number of aromatic hydroxyl groups is 1. The minimum absolute atomic E-state index is 0.0269. The molecule has 6 aromatic rings. The van der Waals surface area contributed by atoms with Crippen LogP contribution in [0, 0.1) is 5.92 Å². The molecule has 0 aliphatic heterocycles. The Morgan fingerprint density at radius 3 is 1.61 bits per heavy atom. The average Bonchev–Trinajstić information content (AvgIpc) is 3.17. The lowest BCUT2D eigenvalue weighted by Gasteiger charge is -2.20. The maximum Gasteiger partial charge on any atom is 0.305 e. The molecule has 0 aliphatic rings. The normalized spacial score (nSPS) is 11.7. The van der Waals surface area contributed by atoms with E-state index in [1.165, 1.54) is 0 Å². The van der Waals surface area contributed by atoms with E-state index in [4.69, 9.17) is 24.4 Å². The third-order valence-corrected chi connectivity index (χ3v) is 8.68. The van der Waals surface area contributed by atoms with Gasteiger partial charge in [0.05, 0.1) is 5.56 Å². The smallest absolute Gasteiger partial charge is 0.305 e. The molecule has 1 N–H and O–H groups in total. The Balaban J connectivity index is 1.33. The summed E-state index contributed by atoms with van der Waals surface area (Å²) in [6, 6.07) is 41.8. The fourth-order valence-electron chi connectivity index (χ4n) is 5.82. The predicted octanol–water partition coefficient (Wildman–Crippen LogP) is 10.4. The summed E-state index contributed by atoms with van der Waals surface area (Å²) in [5.74, 6) is 2.06. The molecule has 1 unspecified atom stereocenters. The van der Waals surface area contributed by atoms with Gasteiger partial charge in [0.15, 0.2) is 17.5 Å². The molecule has 0 amide bonds. The molecular formula is C44H43N3O4. The van der Waals surface area contributed by atoms with E-state index in [0.29, 0.717) is 41.1 Å². The summed E-state index contributed by atoms with van der Waals surface area (Å²) in [6.45, 7) is 6.29. The predicted molar refractivity (Wildman–Crippen MR) is 203 cm³/mol. The second-order valence-corrected chi connectivity index (χ2v) is 13.0. The maximum atomic E-state index is 11.9. The first-order valence-corrected chi connectivity index (χ1v) is 17.6. The van der Waals surface area contributed by atoms with Gasteiger partial charge in [-0.3, -0.25) is 4.79 Å². The summed E-state index contributed by atoms with van der Waals surface area (Å²) in [7, 11) is 0. The van der Waals surface area contributed by atoms with Crippen molar-refractivity contribution < 1.29 is 19.4 Å². The standard InChI is InChI=1S/C44H43N3O4/c1-4-41(49)50-29-38(17-11-12-30(2)3)51-37-26-27-39(40(48)28-37)44-46-42(35-22-18-33(19-23-35)31-13-7-5-8-14-31)45-43(47-44)36-24-20-34(21-25-36)32-15-9-6-10-16-32/h5-10,13-16,18-28,30,38,48H,4,11-12,17,29H2,1-3H3. The zero-order valence-electron chi connectivity index (χ0n) is 29.3. The van der Waals surface area contributed by atoms with Crippen molar-refractivity contribution >= 4 is 5.97 Å². The molecule has 0 aliphatic carbocycles. The summed E-state index contributed by atoms with van der Waals surface area (Å²) in [6.07, 6.45) is 2.67. The quantitative estimate of drug-likeness (QED) is 0.115. The molecule has 1 heterocycles. The minimum Gasteiger partial charge on any atom is -0.507 e. The Morgan fingerprint density at radius 1 is 0.627 bits per heavy atom. The number of phenols is 1. The van der Waals surface area contributed by atoms with Crippen molar-refractivity contribution in [2.75, 3.05) is 6.61 Å². The van der Waals surface area contributed by atoms with Crippen LogP contribution in [0.15, 0.2) is 127 Å². The van der Waals surface area contributed by atoms with Crippen LogP contribution >= 0.6 is 0 Å². The minimum atomic E-state index is -0.336. The number of esters is 1. The zero-order chi connectivity index (χ0) is 35.6. The molecule has 0 saturated carbocycles. The van der Waals surface area contributed by atoms with Crippen molar-refractivity contribution in [2.24, 2.45) is 5.92 Å². The number of rotatable bonds is 14. The molecule has 258 valence electrons. The maximum absolute atomic E-state index is 11.9.